The van der Waals surface area contributed by atoms with E-state index in [9.17, 15) is 0 Å². The van der Waals surface area contributed by atoms with E-state index in [4.69, 9.17) is 5.26 Å². The van der Waals surface area contributed by atoms with Crippen molar-refractivity contribution in [3.8, 4) is 6.07 Å². The van der Waals surface area contributed by atoms with Crippen molar-refractivity contribution in [2.24, 2.45) is 0 Å². The molecule has 2 nitrogen and oxygen atoms in total. The van der Waals surface area contributed by atoms with Gasteiger partial charge in [-0.1, -0.05) is 18.9 Å². The molecular weight excluding hydrogens is 196 g/mol. The summed E-state index contributed by atoms with van der Waals surface area (Å²) in [5.41, 5.74) is 1.96. The molecule has 0 N–H and O–H groups in total. The van der Waals surface area contributed by atoms with Crippen LogP contribution in [0.15, 0.2) is 24.3 Å². The largest absolute Gasteiger partial charge is 0.369 e. The number of nitrogens with zero attached hydrogens (tertiary/aromatic N) is 2. The van der Waals surface area contributed by atoms with Gasteiger partial charge in [-0.15, -0.1) is 0 Å². The third kappa shape index (κ3) is 2.19. The first-order valence-corrected chi connectivity index (χ1v) is 6.12. The second-order valence-corrected chi connectivity index (χ2v) is 4.39. The average molecular weight is 214 g/mol. The van der Waals surface area contributed by atoms with Gasteiger partial charge in [0.1, 0.15) is 0 Å². The average Bonchev–Trinajstić information content (AvgIpc) is 2.84. The van der Waals surface area contributed by atoms with Gasteiger partial charge < -0.3 is 4.90 Å². The summed E-state index contributed by atoms with van der Waals surface area (Å²) in [6, 6.07) is 10.9. The lowest BCUT2D eigenvalue weighted by Crippen LogP contribution is -2.32. The number of anilines is 1. The number of rotatable bonds is 3. The molecule has 1 aromatic carbocycles. The highest BCUT2D eigenvalue weighted by Crippen LogP contribution is 2.28. The molecule has 0 radical (unpaired) electrons. The van der Waals surface area contributed by atoms with Crippen LogP contribution in [0.4, 0.5) is 5.69 Å². The Hall–Kier alpha value is -1.49. The van der Waals surface area contributed by atoms with Crippen LogP contribution in [0.5, 0.6) is 0 Å². The molecule has 2 rings (SSSR count). The predicted octanol–water partition coefficient (Wildman–Crippen LogP) is 3.33. The van der Waals surface area contributed by atoms with E-state index < -0.39 is 0 Å². The zero-order valence-corrected chi connectivity index (χ0v) is 9.82. The highest BCUT2D eigenvalue weighted by molar-refractivity contribution is 5.52. The molecule has 1 aliphatic rings. The Bertz CT molecular complexity index is 386. The standard InChI is InChI=1S/C14H18N2/c1-2-16(13-7-3-4-8-13)14-9-5-6-12(10-14)11-15/h5-6,9-10,13H,2-4,7-8H2,1H3. The fourth-order valence-electron chi connectivity index (χ4n) is 2.62. The zero-order chi connectivity index (χ0) is 11.4. The lowest BCUT2D eigenvalue weighted by Gasteiger charge is -2.30. The lowest BCUT2D eigenvalue weighted by atomic mass is 10.1. The Morgan fingerprint density at radius 2 is 2.12 bits per heavy atom. The summed E-state index contributed by atoms with van der Waals surface area (Å²) in [6.07, 6.45) is 5.29. The molecular formula is C14H18N2. The minimum atomic E-state index is 0.680. The van der Waals surface area contributed by atoms with Gasteiger partial charge in [-0.05, 0) is 38.0 Å². The van der Waals surface area contributed by atoms with E-state index in [1.165, 1.54) is 31.4 Å². The number of nitriles is 1. The first-order chi connectivity index (χ1) is 7.85. The SMILES string of the molecule is CCN(c1cccc(C#N)c1)C1CCCC1. The fourth-order valence-corrected chi connectivity index (χ4v) is 2.62. The van der Waals surface area contributed by atoms with Crippen molar-refractivity contribution in [3.63, 3.8) is 0 Å². The van der Waals surface area contributed by atoms with Gasteiger partial charge in [0.2, 0.25) is 0 Å². The maximum atomic E-state index is 8.91. The van der Waals surface area contributed by atoms with E-state index in [0.29, 0.717) is 6.04 Å². The van der Waals surface area contributed by atoms with Crippen LogP contribution in [0.1, 0.15) is 38.2 Å². The molecule has 0 saturated heterocycles. The van der Waals surface area contributed by atoms with Crippen LogP contribution >= 0.6 is 0 Å². The van der Waals surface area contributed by atoms with Crippen molar-refractivity contribution in [1.82, 2.24) is 0 Å². The molecule has 0 spiro atoms. The van der Waals surface area contributed by atoms with E-state index in [0.717, 1.165) is 12.1 Å². The van der Waals surface area contributed by atoms with Crippen molar-refractivity contribution >= 4 is 5.69 Å². The van der Waals surface area contributed by atoms with Crippen LogP contribution in [0.2, 0.25) is 0 Å². The summed E-state index contributed by atoms with van der Waals surface area (Å²) in [6.45, 7) is 3.22. The van der Waals surface area contributed by atoms with E-state index in [1.54, 1.807) is 0 Å². The van der Waals surface area contributed by atoms with Crippen LogP contribution in [-0.4, -0.2) is 12.6 Å². The molecule has 1 aromatic rings. The molecule has 0 heterocycles. The number of hydrogen-bond donors (Lipinski definition) is 0. The van der Waals surface area contributed by atoms with Gasteiger partial charge in [0, 0.05) is 18.3 Å². The maximum absolute atomic E-state index is 8.91. The van der Waals surface area contributed by atoms with Crippen molar-refractivity contribution in [1.29, 1.82) is 5.26 Å². The van der Waals surface area contributed by atoms with Crippen molar-refractivity contribution in [2.75, 3.05) is 11.4 Å². The van der Waals surface area contributed by atoms with Crippen LogP contribution in [0, 0.1) is 11.3 Å². The normalized spacial score (nSPS) is 16.0. The molecule has 1 saturated carbocycles. The van der Waals surface area contributed by atoms with Gasteiger partial charge >= 0.3 is 0 Å². The molecule has 0 aliphatic heterocycles. The summed E-state index contributed by atoms with van der Waals surface area (Å²) in [5.74, 6) is 0. The highest BCUT2D eigenvalue weighted by atomic mass is 15.2. The zero-order valence-electron chi connectivity index (χ0n) is 9.82. The van der Waals surface area contributed by atoms with E-state index in [-0.39, 0.29) is 0 Å². The first kappa shape index (κ1) is 11.0. The smallest absolute Gasteiger partial charge is 0.0992 e. The monoisotopic (exact) mass is 214 g/mol. The van der Waals surface area contributed by atoms with Gasteiger partial charge in [0.15, 0.2) is 0 Å². The van der Waals surface area contributed by atoms with E-state index in [2.05, 4.69) is 24.0 Å². The molecule has 0 unspecified atom stereocenters. The topological polar surface area (TPSA) is 27.0 Å². The molecule has 0 aromatic heterocycles. The fraction of sp³-hybridized carbons (Fsp3) is 0.500. The summed E-state index contributed by atoms with van der Waals surface area (Å²) in [7, 11) is 0. The minimum Gasteiger partial charge on any atom is -0.369 e. The Kier molecular flexibility index (Phi) is 3.46. The lowest BCUT2D eigenvalue weighted by molar-refractivity contribution is 0.620. The van der Waals surface area contributed by atoms with Gasteiger partial charge in [0.05, 0.1) is 11.6 Å². The van der Waals surface area contributed by atoms with Gasteiger partial charge in [-0.3, -0.25) is 0 Å². The van der Waals surface area contributed by atoms with Gasteiger partial charge in [-0.2, -0.15) is 5.26 Å². The molecule has 1 aliphatic carbocycles. The Balaban J connectivity index is 2.22. The second-order valence-electron chi connectivity index (χ2n) is 4.39. The third-order valence-corrected chi connectivity index (χ3v) is 3.41. The Morgan fingerprint density at radius 3 is 2.75 bits per heavy atom. The van der Waals surface area contributed by atoms with E-state index in [1.807, 2.05) is 18.2 Å². The molecule has 2 heteroatoms. The highest BCUT2D eigenvalue weighted by Gasteiger charge is 2.21. The molecule has 16 heavy (non-hydrogen) atoms. The summed E-state index contributed by atoms with van der Waals surface area (Å²) in [5, 5.41) is 8.91. The van der Waals surface area contributed by atoms with Crippen LogP contribution in [-0.2, 0) is 0 Å². The predicted molar refractivity (Wildman–Crippen MR) is 66.4 cm³/mol. The summed E-state index contributed by atoms with van der Waals surface area (Å²) in [4.78, 5) is 2.44. The van der Waals surface area contributed by atoms with E-state index >= 15 is 0 Å². The minimum absolute atomic E-state index is 0.680. The van der Waals surface area contributed by atoms with Crippen molar-refractivity contribution in [3.05, 3.63) is 29.8 Å². The third-order valence-electron chi connectivity index (χ3n) is 3.41. The molecule has 0 amide bonds. The summed E-state index contributed by atoms with van der Waals surface area (Å²) < 4.78 is 0. The Morgan fingerprint density at radius 1 is 1.38 bits per heavy atom. The maximum Gasteiger partial charge on any atom is 0.0992 e. The van der Waals surface area contributed by atoms with Crippen LogP contribution < -0.4 is 4.90 Å². The molecule has 84 valence electrons. The van der Waals surface area contributed by atoms with Gasteiger partial charge in [-0.25, -0.2) is 0 Å². The molecule has 0 atom stereocenters. The molecule has 0 bridgehead atoms. The van der Waals surface area contributed by atoms with Crippen LogP contribution in [0.25, 0.3) is 0 Å². The molecule has 1 fully saturated rings. The summed E-state index contributed by atoms with van der Waals surface area (Å²) >= 11 is 0. The van der Waals surface area contributed by atoms with Gasteiger partial charge in [0.25, 0.3) is 0 Å². The number of benzene rings is 1. The van der Waals surface area contributed by atoms with Crippen molar-refractivity contribution in [2.45, 2.75) is 38.6 Å². The van der Waals surface area contributed by atoms with Crippen LogP contribution in [0.3, 0.4) is 0 Å². The second kappa shape index (κ2) is 5.03. The quantitative estimate of drug-likeness (QED) is 0.771. The van der Waals surface area contributed by atoms with Crippen molar-refractivity contribution < 1.29 is 0 Å². The Labute approximate surface area is 97.5 Å². The number of hydrogen-bond acceptors (Lipinski definition) is 2. The first-order valence-electron chi connectivity index (χ1n) is 6.12.